The third-order valence-corrected chi connectivity index (χ3v) is 7.79. The number of carbonyl (C=O) groups excluding carboxylic acids is 2. The van der Waals surface area contributed by atoms with Crippen LogP contribution < -0.4 is 15.2 Å². The number of nitriles is 1. The second-order valence-corrected chi connectivity index (χ2v) is 10.8. The number of amides is 2. The summed E-state index contributed by atoms with van der Waals surface area (Å²) in [6.07, 6.45) is -0.0598. The van der Waals surface area contributed by atoms with Gasteiger partial charge < -0.3 is 10.1 Å². The summed E-state index contributed by atoms with van der Waals surface area (Å²) in [5, 5.41) is 29.7. The van der Waals surface area contributed by atoms with Gasteiger partial charge >= 0.3 is 0 Å². The molecule has 1 unspecified atom stereocenters. The molecule has 2 aromatic carbocycles. The maximum Gasteiger partial charge on any atom is 0.269 e. The summed E-state index contributed by atoms with van der Waals surface area (Å²) in [5.74, 6) is -2.08. The highest BCUT2D eigenvalue weighted by molar-refractivity contribution is 7.89. The Morgan fingerprint density at radius 1 is 1.13 bits per heavy atom. The Bertz CT molecular complexity index is 1660. The van der Waals surface area contributed by atoms with Crippen molar-refractivity contribution in [2.24, 2.45) is 5.14 Å². The predicted octanol–water partition coefficient (Wildman–Crippen LogP) is 2.85. The number of non-ortho nitro benzene ring substituents is 1. The van der Waals surface area contributed by atoms with Crippen LogP contribution in [0.5, 0.6) is 5.88 Å². The van der Waals surface area contributed by atoms with Crippen LogP contribution in [0.4, 0.5) is 16.5 Å². The number of imide groups is 1. The number of primary sulfonamides is 1. The quantitative estimate of drug-likeness (QED) is 0.260. The molecule has 0 spiro atoms. The van der Waals surface area contributed by atoms with E-state index in [-0.39, 0.29) is 40.8 Å². The van der Waals surface area contributed by atoms with Crippen LogP contribution in [0.25, 0.3) is 0 Å². The third-order valence-electron chi connectivity index (χ3n) is 5.84. The van der Waals surface area contributed by atoms with Gasteiger partial charge in [0.05, 0.1) is 20.6 Å². The van der Waals surface area contributed by atoms with Crippen molar-refractivity contribution in [2.75, 3.05) is 5.32 Å². The van der Waals surface area contributed by atoms with Crippen molar-refractivity contribution < 1.29 is 27.7 Å². The number of benzene rings is 2. The average Bonchev–Trinajstić information content (AvgIpc) is 3.43. The van der Waals surface area contributed by atoms with Gasteiger partial charge in [-0.2, -0.15) is 10.2 Å². The lowest BCUT2D eigenvalue weighted by Gasteiger charge is -2.27. The van der Waals surface area contributed by atoms with Crippen LogP contribution in [0.15, 0.2) is 64.9 Å². The molecule has 3 heterocycles. The van der Waals surface area contributed by atoms with Gasteiger partial charge in [-0.15, -0.1) is 0 Å². The van der Waals surface area contributed by atoms with Crippen LogP contribution in [0.1, 0.15) is 29.2 Å². The number of fused-ring (bicyclic) bond motifs is 1. The molecule has 15 heteroatoms. The number of hydrogen-bond donors (Lipinski definition) is 2. The Morgan fingerprint density at radius 2 is 1.76 bits per heavy atom. The largest absolute Gasteiger partial charge is 0.420 e. The van der Waals surface area contributed by atoms with Gasteiger partial charge in [-0.25, -0.2) is 18.5 Å². The number of thiazole rings is 1. The molecule has 1 saturated heterocycles. The number of aromatic nitrogens is 1. The third kappa shape index (κ3) is 4.47. The summed E-state index contributed by atoms with van der Waals surface area (Å²) in [7, 11) is -3.87. The van der Waals surface area contributed by atoms with Gasteiger partial charge in [-0.05, 0) is 29.8 Å². The van der Waals surface area contributed by atoms with E-state index < -0.39 is 32.7 Å². The number of carbonyl (C=O) groups is 2. The molecule has 0 saturated carbocycles. The Morgan fingerprint density at radius 3 is 2.32 bits per heavy atom. The van der Waals surface area contributed by atoms with Crippen molar-refractivity contribution in [2.45, 2.75) is 23.7 Å². The van der Waals surface area contributed by atoms with E-state index in [2.05, 4.69) is 10.3 Å². The Kier molecular flexibility index (Phi) is 6.15. The molecule has 5 rings (SSSR count). The van der Waals surface area contributed by atoms with Crippen molar-refractivity contribution in [3.05, 3.63) is 80.5 Å². The van der Waals surface area contributed by atoms with Crippen LogP contribution in [0.2, 0.25) is 0 Å². The topological polar surface area (TPSA) is 199 Å². The molecule has 0 bridgehead atoms. The number of rotatable bonds is 6. The predicted molar refractivity (Wildman–Crippen MR) is 133 cm³/mol. The highest BCUT2D eigenvalue weighted by Gasteiger charge is 2.42. The summed E-state index contributed by atoms with van der Waals surface area (Å²) in [5.41, 5.74) is 0.792. The fourth-order valence-electron chi connectivity index (χ4n) is 4.07. The van der Waals surface area contributed by atoms with E-state index in [4.69, 9.17) is 9.88 Å². The van der Waals surface area contributed by atoms with E-state index in [9.17, 15) is 33.4 Å². The first kappa shape index (κ1) is 25.0. The van der Waals surface area contributed by atoms with Crippen LogP contribution in [0.3, 0.4) is 0 Å². The summed E-state index contributed by atoms with van der Waals surface area (Å²) in [6.45, 7) is 0. The molecule has 1 aromatic heterocycles. The van der Waals surface area contributed by atoms with E-state index in [0.29, 0.717) is 21.3 Å². The minimum absolute atomic E-state index is 0.0253. The van der Waals surface area contributed by atoms with E-state index in [0.717, 1.165) is 16.2 Å². The van der Waals surface area contributed by atoms with Gasteiger partial charge in [0.1, 0.15) is 11.6 Å². The zero-order valence-corrected chi connectivity index (χ0v) is 20.8. The van der Waals surface area contributed by atoms with Gasteiger partial charge in [-0.3, -0.25) is 19.7 Å². The van der Waals surface area contributed by atoms with Gasteiger partial charge in [0.25, 0.3) is 5.69 Å². The fraction of sp³-hybridized carbons (Fsp3) is 0.130. The first-order chi connectivity index (χ1) is 18.1. The van der Waals surface area contributed by atoms with Crippen LogP contribution in [0, 0.1) is 21.4 Å². The number of nitrogens with one attached hydrogen (secondary N) is 1. The van der Waals surface area contributed by atoms with Crippen LogP contribution in [-0.4, -0.2) is 35.0 Å². The Hall–Kier alpha value is -4.65. The molecule has 1 atom stereocenters. The maximum absolute atomic E-state index is 12.5. The molecule has 2 amide bonds. The standard InChI is InChI=1S/C23H16N6O7S2/c24-11-16-19(12-1-5-14(6-2-12)29(32)33)20-21(36-22(16)28-17(30)9-10-18(28)31)27-23(37-20)26-13-3-7-15(8-4-13)38(25,34)35/h1-8,19H,9-10H2,(H,26,27)(H2,25,34,35). The van der Waals surface area contributed by atoms with Crippen molar-refractivity contribution in [3.8, 4) is 11.9 Å². The Balaban J connectivity index is 1.58. The first-order valence-electron chi connectivity index (χ1n) is 10.9. The van der Waals surface area contributed by atoms with Crippen molar-refractivity contribution in [3.63, 3.8) is 0 Å². The lowest BCUT2D eigenvalue weighted by Crippen LogP contribution is -2.34. The SMILES string of the molecule is N#CC1=C(N2C(=O)CCC2=O)Oc2nc(Nc3ccc(S(N)(=O)=O)cc3)sc2C1c1ccc([N+](=O)[O-])cc1. The van der Waals surface area contributed by atoms with Gasteiger partial charge in [0, 0.05) is 30.7 Å². The normalized spacial score (nSPS) is 17.2. The number of sulfonamides is 1. The second kappa shape index (κ2) is 9.34. The van der Waals surface area contributed by atoms with E-state index in [1.165, 1.54) is 48.5 Å². The van der Waals surface area contributed by atoms with Crippen molar-refractivity contribution >= 4 is 49.7 Å². The van der Waals surface area contributed by atoms with Gasteiger partial charge in [0.2, 0.25) is 33.6 Å². The average molecular weight is 553 g/mol. The lowest BCUT2D eigenvalue weighted by molar-refractivity contribution is -0.384. The Labute approximate surface area is 219 Å². The highest BCUT2D eigenvalue weighted by atomic mass is 32.2. The molecule has 2 aliphatic rings. The fourth-order valence-corrected chi connectivity index (χ4v) is 5.64. The van der Waals surface area contributed by atoms with Gasteiger partial charge in [0.15, 0.2) is 5.13 Å². The number of nitrogens with two attached hydrogens (primary N) is 1. The molecule has 2 aliphatic heterocycles. The molecule has 0 aliphatic carbocycles. The number of allylic oxidation sites excluding steroid dienone is 1. The minimum atomic E-state index is -3.87. The smallest absolute Gasteiger partial charge is 0.269 e. The second-order valence-electron chi connectivity index (χ2n) is 8.22. The van der Waals surface area contributed by atoms with Crippen molar-refractivity contribution in [1.82, 2.24) is 9.88 Å². The lowest BCUT2D eigenvalue weighted by atomic mass is 9.89. The number of hydrogen-bond acceptors (Lipinski definition) is 11. The molecule has 192 valence electrons. The van der Waals surface area contributed by atoms with Crippen molar-refractivity contribution in [1.29, 1.82) is 5.26 Å². The summed E-state index contributed by atoms with van der Waals surface area (Å²) in [6, 6.07) is 13.2. The summed E-state index contributed by atoms with van der Waals surface area (Å²) in [4.78, 5) is 41.2. The summed E-state index contributed by atoms with van der Waals surface area (Å²) >= 11 is 1.12. The molecule has 3 aromatic rings. The molecule has 1 fully saturated rings. The number of nitrogens with zero attached hydrogens (tertiary/aromatic N) is 4. The number of nitro benzene ring substituents is 1. The number of anilines is 2. The highest BCUT2D eigenvalue weighted by Crippen LogP contribution is 2.48. The summed E-state index contributed by atoms with van der Waals surface area (Å²) < 4.78 is 28.9. The number of nitro groups is 1. The number of likely N-dealkylation sites (tertiary alicyclic amines) is 1. The first-order valence-corrected chi connectivity index (χ1v) is 13.3. The van der Waals surface area contributed by atoms with Crippen LogP contribution in [-0.2, 0) is 19.6 Å². The van der Waals surface area contributed by atoms with E-state index >= 15 is 0 Å². The molecular weight excluding hydrogens is 536 g/mol. The molecule has 3 N–H and O–H groups in total. The molecule has 38 heavy (non-hydrogen) atoms. The van der Waals surface area contributed by atoms with E-state index in [1.807, 2.05) is 6.07 Å². The van der Waals surface area contributed by atoms with Gasteiger partial charge in [-0.1, -0.05) is 23.5 Å². The molecule has 13 nitrogen and oxygen atoms in total. The molecular formula is C23H16N6O7S2. The van der Waals surface area contributed by atoms with Crippen LogP contribution >= 0.6 is 11.3 Å². The maximum atomic E-state index is 12.5. The minimum Gasteiger partial charge on any atom is -0.420 e. The van der Waals surface area contributed by atoms with E-state index in [1.54, 1.807) is 0 Å². The monoisotopic (exact) mass is 552 g/mol. The number of ether oxygens (including phenoxy) is 1. The zero-order chi connectivity index (χ0) is 27.2. The molecule has 0 radical (unpaired) electrons. The zero-order valence-electron chi connectivity index (χ0n) is 19.2.